The van der Waals surface area contributed by atoms with Gasteiger partial charge in [0.2, 0.25) is 0 Å². The number of fused-ring (bicyclic) bond motifs is 7. The van der Waals surface area contributed by atoms with E-state index < -0.39 is 55.2 Å². The molecule has 11 aromatic rings. The van der Waals surface area contributed by atoms with Crippen LogP contribution >= 0.6 is 0 Å². The standard InChI is InChI=1S/C63H52N5O.Pt/c1-41-32-61(64-39-54(41)42-18-16-20-46(33-42)67-55-25-11-8-22-50(55)51-23-9-12-26-56(51)67)68-57-27-13-10-24-52(57)53-31-30-49(38-60(53)68)69-48-21-17-19-45(37-48)65-40-66(59-29-15-14-28-58(59)65)47-35-43(62(2,3)4)34-44(36-47)63(5,6)7;/h8-36,39-40H,1-7H3;/q-3;/i1D3,8D,9D,11D,12D,22D,23D,25D,26D;. The number of benzene rings is 8. The Kier molecular flexibility index (Phi) is 8.36. The summed E-state index contributed by atoms with van der Waals surface area (Å²) < 4.78 is 106. The van der Waals surface area contributed by atoms with Crippen LogP contribution in [-0.4, -0.2) is 14.1 Å². The van der Waals surface area contributed by atoms with Crippen LogP contribution in [0.2, 0.25) is 0 Å². The van der Waals surface area contributed by atoms with Crippen molar-refractivity contribution in [1.29, 1.82) is 0 Å². The predicted octanol–water partition coefficient (Wildman–Crippen LogP) is 16.6. The van der Waals surface area contributed by atoms with Gasteiger partial charge in [0.05, 0.1) is 22.0 Å². The van der Waals surface area contributed by atoms with Crippen LogP contribution in [0.1, 0.15) is 73.3 Å². The summed E-state index contributed by atoms with van der Waals surface area (Å²) in [4.78, 5) is 9.27. The van der Waals surface area contributed by atoms with E-state index in [-0.39, 0.29) is 70.5 Å². The number of aryl methyl sites for hydroxylation is 1. The maximum Gasteiger partial charge on any atom is 0.135 e. The molecule has 4 heterocycles. The van der Waals surface area contributed by atoms with Gasteiger partial charge in [-0.05, 0) is 106 Å². The second-order valence-corrected chi connectivity index (χ2v) is 19.5. The summed E-state index contributed by atoms with van der Waals surface area (Å²) in [6.45, 7) is 12.8. The van der Waals surface area contributed by atoms with Crippen LogP contribution in [0.4, 0.5) is 22.7 Å². The number of nitrogens with zero attached hydrogens (tertiary/aromatic N) is 5. The van der Waals surface area contributed by atoms with Crippen LogP contribution in [0.5, 0.6) is 11.5 Å². The van der Waals surface area contributed by atoms with Crippen molar-refractivity contribution < 1.29 is 40.9 Å². The molecule has 0 amide bonds. The van der Waals surface area contributed by atoms with E-state index in [1.807, 2.05) is 71.3 Å². The fraction of sp³-hybridized carbons (Fsp3) is 0.143. The van der Waals surface area contributed by atoms with E-state index in [1.54, 1.807) is 24.3 Å². The van der Waals surface area contributed by atoms with Gasteiger partial charge in [0.1, 0.15) is 5.82 Å². The summed E-state index contributed by atoms with van der Waals surface area (Å²) in [6.07, 6.45) is 1.49. The molecule has 0 bridgehead atoms. The number of rotatable bonds is 7. The Morgan fingerprint density at radius 3 is 1.94 bits per heavy atom. The molecule has 7 heteroatoms. The number of ether oxygens (including phenoxy) is 1. The van der Waals surface area contributed by atoms with Crippen molar-refractivity contribution in [3.8, 4) is 34.1 Å². The number of pyridine rings is 1. The molecule has 70 heavy (non-hydrogen) atoms. The summed E-state index contributed by atoms with van der Waals surface area (Å²) in [5.74, 6) is 1.14. The Hall–Kier alpha value is -7.40. The van der Waals surface area contributed by atoms with Crippen LogP contribution < -0.4 is 14.5 Å². The molecular weight excluding hydrogens is 1040 g/mol. The zero-order valence-corrected chi connectivity index (χ0v) is 41.5. The van der Waals surface area contributed by atoms with Crippen molar-refractivity contribution in [1.82, 2.24) is 14.1 Å². The molecule has 6 nitrogen and oxygen atoms in total. The van der Waals surface area contributed by atoms with Crippen LogP contribution in [0, 0.1) is 25.7 Å². The molecule has 12 rings (SSSR count). The quantitative estimate of drug-likeness (QED) is 0.149. The third-order valence-electron chi connectivity index (χ3n) is 12.9. The molecule has 0 aliphatic carbocycles. The van der Waals surface area contributed by atoms with E-state index in [0.717, 1.165) is 39.0 Å². The summed E-state index contributed by atoms with van der Waals surface area (Å²) >= 11 is 0. The largest absolute Gasteiger partial charge is 0.509 e. The molecule has 0 fully saturated rings. The summed E-state index contributed by atoms with van der Waals surface area (Å²) in [5, 5.41) is 1.58. The molecule has 0 N–H and O–H groups in total. The molecular formula is C63H52N5OPt-3. The molecule has 348 valence electrons. The van der Waals surface area contributed by atoms with Gasteiger partial charge >= 0.3 is 0 Å². The van der Waals surface area contributed by atoms with Crippen molar-refractivity contribution in [2.75, 3.05) is 9.80 Å². The van der Waals surface area contributed by atoms with Gasteiger partial charge in [0.15, 0.2) is 0 Å². The smallest absolute Gasteiger partial charge is 0.135 e. The Morgan fingerprint density at radius 1 is 0.571 bits per heavy atom. The fourth-order valence-corrected chi connectivity index (χ4v) is 9.34. The third-order valence-corrected chi connectivity index (χ3v) is 12.9. The van der Waals surface area contributed by atoms with Crippen LogP contribution in [0.15, 0.2) is 182 Å². The number of aromatic nitrogens is 3. The zero-order chi connectivity index (χ0) is 56.6. The fourth-order valence-electron chi connectivity index (χ4n) is 9.34. The Bertz CT molecular complexity index is 4290. The van der Waals surface area contributed by atoms with Crippen molar-refractivity contribution in [2.24, 2.45) is 0 Å². The van der Waals surface area contributed by atoms with E-state index in [2.05, 4.69) is 100 Å². The van der Waals surface area contributed by atoms with Crippen molar-refractivity contribution >= 4 is 66.4 Å². The zero-order valence-electron chi connectivity index (χ0n) is 50.2. The predicted molar refractivity (Wildman–Crippen MR) is 286 cm³/mol. The summed E-state index contributed by atoms with van der Waals surface area (Å²) in [5.41, 5.74) is 8.31. The second kappa shape index (κ2) is 17.2. The van der Waals surface area contributed by atoms with Gasteiger partial charge < -0.3 is 23.7 Å². The van der Waals surface area contributed by atoms with Gasteiger partial charge in [-0.1, -0.05) is 132 Å². The molecule has 0 saturated carbocycles. The minimum Gasteiger partial charge on any atom is -0.509 e. The number of hydrogen-bond donors (Lipinski definition) is 0. The minimum absolute atomic E-state index is 0. The third kappa shape index (κ3) is 7.76. The number of para-hydroxylation sites is 5. The Labute approximate surface area is 440 Å². The van der Waals surface area contributed by atoms with Crippen molar-refractivity contribution in [3.05, 3.63) is 217 Å². The molecule has 0 saturated heterocycles. The van der Waals surface area contributed by atoms with Crippen LogP contribution in [0.25, 0.3) is 66.2 Å². The van der Waals surface area contributed by atoms with Gasteiger partial charge in [0, 0.05) is 87.5 Å². The summed E-state index contributed by atoms with van der Waals surface area (Å²) in [7, 11) is 0. The molecule has 1 aliphatic rings. The number of anilines is 4. The average Bonchev–Trinajstić information content (AvgIpc) is 2.26. The topological polar surface area (TPSA) is 38.5 Å². The van der Waals surface area contributed by atoms with E-state index in [4.69, 9.17) is 24.8 Å². The molecule has 8 aromatic carbocycles. The molecule has 0 unspecified atom stereocenters. The summed E-state index contributed by atoms with van der Waals surface area (Å²) in [6, 6.07) is 43.6. The van der Waals surface area contributed by atoms with Crippen LogP contribution in [0.3, 0.4) is 0 Å². The van der Waals surface area contributed by atoms with E-state index >= 15 is 0 Å². The Morgan fingerprint density at radius 2 is 1.23 bits per heavy atom. The van der Waals surface area contributed by atoms with Crippen molar-refractivity contribution in [2.45, 2.75) is 59.2 Å². The van der Waals surface area contributed by atoms with Gasteiger partial charge in [-0.3, -0.25) is 0 Å². The van der Waals surface area contributed by atoms with Gasteiger partial charge in [-0.15, -0.1) is 48.1 Å². The molecule has 3 aromatic heterocycles. The van der Waals surface area contributed by atoms with E-state index in [1.165, 1.54) is 28.0 Å². The first-order valence-corrected chi connectivity index (χ1v) is 22.9. The maximum atomic E-state index is 9.01. The minimum atomic E-state index is -2.68. The maximum absolute atomic E-state index is 9.01. The second-order valence-electron chi connectivity index (χ2n) is 19.5. The average molecular weight is 1100 g/mol. The monoisotopic (exact) mass is 1100 g/mol. The normalized spacial score (nSPS) is 15.3. The Balaban J connectivity index is 0.00000690. The SMILES string of the molecule is [2H]c1c([2H])c([2H])c2c(c1[2H])c1c([2H])c([2H])c([2H])c([2H])c1n2-c1cccc(-c2cnc(-n3c4[c-]c(Oc5[c-]c(N6[CH-]N(c7cc(C(C)(C)C)cc(C(C)(C)C)c7)c7ccccc76)ccc5)ccc4c4ccccc43)cc2C([2H])([2H])[2H])c1.[Pt]. The van der Waals surface area contributed by atoms with Gasteiger partial charge in [0.25, 0.3) is 0 Å². The van der Waals surface area contributed by atoms with E-state index in [9.17, 15) is 0 Å². The van der Waals surface area contributed by atoms with Gasteiger partial charge in [-0.25, -0.2) is 4.98 Å². The first-order valence-electron chi connectivity index (χ1n) is 28.4. The van der Waals surface area contributed by atoms with Crippen molar-refractivity contribution in [3.63, 3.8) is 0 Å². The van der Waals surface area contributed by atoms with Crippen LogP contribution in [-0.2, 0) is 31.9 Å². The molecule has 0 radical (unpaired) electrons. The molecule has 0 spiro atoms. The number of hydrogen-bond acceptors (Lipinski definition) is 4. The van der Waals surface area contributed by atoms with E-state index in [0.29, 0.717) is 28.4 Å². The molecule has 1 aliphatic heterocycles. The molecule has 0 atom stereocenters. The van der Waals surface area contributed by atoms with Gasteiger partial charge in [-0.2, -0.15) is 12.1 Å². The first kappa shape index (κ1) is 34.0. The first-order chi connectivity index (χ1) is 37.9.